The molecule has 2 atom stereocenters. The third-order valence-corrected chi connectivity index (χ3v) is 4.26. The molecular formula is C16H25ClN2O3. The number of carbonyl (C=O) groups is 1. The van der Waals surface area contributed by atoms with E-state index in [-0.39, 0.29) is 24.4 Å². The van der Waals surface area contributed by atoms with Crippen molar-refractivity contribution in [1.82, 2.24) is 4.90 Å². The molecule has 0 aromatic heterocycles. The summed E-state index contributed by atoms with van der Waals surface area (Å²) in [4.78, 5) is 14.7. The van der Waals surface area contributed by atoms with Gasteiger partial charge in [0, 0.05) is 25.2 Å². The Morgan fingerprint density at radius 2 is 2.09 bits per heavy atom. The third-order valence-electron chi connectivity index (χ3n) is 4.26. The van der Waals surface area contributed by atoms with Gasteiger partial charge in [0.15, 0.2) is 0 Å². The van der Waals surface area contributed by atoms with E-state index in [2.05, 4.69) is 6.92 Å². The molecule has 1 aromatic rings. The summed E-state index contributed by atoms with van der Waals surface area (Å²) in [6, 6.07) is 5.36. The number of piperidine rings is 1. The van der Waals surface area contributed by atoms with Crippen LogP contribution in [0.2, 0.25) is 0 Å². The Bertz CT molecular complexity index is 510. The van der Waals surface area contributed by atoms with Crippen molar-refractivity contribution in [3.05, 3.63) is 23.8 Å². The molecule has 0 spiro atoms. The quantitative estimate of drug-likeness (QED) is 0.921. The van der Waals surface area contributed by atoms with Crippen LogP contribution in [0, 0.1) is 5.92 Å². The van der Waals surface area contributed by atoms with Gasteiger partial charge >= 0.3 is 0 Å². The first kappa shape index (κ1) is 18.6. The molecule has 0 aliphatic carbocycles. The highest BCUT2D eigenvalue weighted by Crippen LogP contribution is 2.29. The summed E-state index contributed by atoms with van der Waals surface area (Å²) in [5.41, 5.74) is 6.43. The van der Waals surface area contributed by atoms with Crippen LogP contribution in [0.4, 0.5) is 0 Å². The minimum Gasteiger partial charge on any atom is -0.497 e. The predicted octanol–water partition coefficient (Wildman–Crippen LogP) is 2.33. The van der Waals surface area contributed by atoms with Gasteiger partial charge in [-0.2, -0.15) is 0 Å². The Morgan fingerprint density at radius 1 is 1.36 bits per heavy atom. The van der Waals surface area contributed by atoms with Gasteiger partial charge in [0.1, 0.15) is 11.5 Å². The Balaban J connectivity index is 0.00000242. The standard InChI is InChI=1S/C16H24N2O3.ClH/c1-11-5-4-8-18(14(11)10-17)16(19)13-7-6-12(20-2)9-15(13)21-3;/h6-7,9,11,14H,4-5,8,10,17H2,1-3H3;1H. The van der Waals surface area contributed by atoms with E-state index in [1.807, 2.05) is 4.90 Å². The first-order chi connectivity index (χ1) is 10.1. The van der Waals surface area contributed by atoms with E-state index in [1.165, 1.54) is 0 Å². The second-order valence-electron chi connectivity index (χ2n) is 5.49. The fraction of sp³-hybridized carbons (Fsp3) is 0.562. The molecule has 0 saturated carbocycles. The maximum atomic E-state index is 12.8. The van der Waals surface area contributed by atoms with Crippen LogP contribution in [-0.4, -0.2) is 44.2 Å². The van der Waals surface area contributed by atoms with Crippen molar-refractivity contribution in [2.24, 2.45) is 11.7 Å². The lowest BCUT2D eigenvalue weighted by atomic mass is 9.90. The number of rotatable bonds is 4. The van der Waals surface area contributed by atoms with Gasteiger partial charge in [0.25, 0.3) is 5.91 Å². The van der Waals surface area contributed by atoms with Gasteiger partial charge in [0.05, 0.1) is 19.8 Å². The second-order valence-corrected chi connectivity index (χ2v) is 5.49. The van der Waals surface area contributed by atoms with E-state index in [4.69, 9.17) is 15.2 Å². The first-order valence-corrected chi connectivity index (χ1v) is 7.35. The number of nitrogens with two attached hydrogens (primary N) is 1. The largest absolute Gasteiger partial charge is 0.497 e. The number of methoxy groups -OCH3 is 2. The highest BCUT2D eigenvalue weighted by Gasteiger charge is 2.32. The van der Waals surface area contributed by atoms with Gasteiger partial charge in [-0.1, -0.05) is 6.92 Å². The molecule has 2 rings (SSSR count). The van der Waals surface area contributed by atoms with Gasteiger partial charge in [-0.15, -0.1) is 12.4 Å². The molecule has 22 heavy (non-hydrogen) atoms. The number of ether oxygens (including phenoxy) is 2. The summed E-state index contributed by atoms with van der Waals surface area (Å²) >= 11 is 0. The maximum Gasteiger partial charge on any atom is 0.257 e. The van der Waals surface area contributed by atoms with Crippen molar-refractivity contribution >= 4 is 18.3 Å². The van der Waals surface area contributed by atoms with E-state index in [0.29, 0.717) is 29.5 Å². The Morgan fingerprint density at radius 3 is 2.68 bits per heavy atom. The van der Waals surface area contributed by atoms with Crippen LogP contribution in [0.5, 0.6) is 11.5 Å². The molecule has 1 aliphatic rings. The minimum atomic E-state index is -0.0171. The molecule has 6 heteroatoms. The lowest BCUT2D eigenvalue weighted by molar-refractivity contribution is 0.0529. The van der Waals surface area contributed by atoms with Crippen LogP contribution < -0.4 is 15.2 Å². The molecule has 1 aromatic carbocycles. The smallest absolute Gasteiger partial charge is 0.257 e. The average Bonchev–Trinajstić information content (AvgIpc) is 2.53. The Labute approximate surface area is 138 Å². The monoisotopic (exact) mass is 328 g/mol. The van der Waals surface area contributed by atoms with E-state index in [9.17, 15) is 4.79 Å². The van der Waals surface area contributed by atoms with E-state index >= 15 is 0 Å². The van der Waals surface area contributed by atoms with Gasteiger partial charge in [-0.05, 0) is 30.9 Å². The fourth-order valence-electron chi connectivity index (χ4n) is 2.99. The molecule has 0 radical (unpaired) electrons. The highest BCUT2D eigenvalue weighted by molar-refractivity contribution is 5.97. The number of hydrogen-bond acceptors (Lipinski definition) is 4. The van der Waals surface area contributed by atoms with Crippen molar-refractivity contribution in [3.63, 3.8) is 0 Å². The molecule has 1 aliphatic heterocycles. The molecular weight excluding hydrogens is 304 g/mol. The van der Waals surface area contributed by atoms with Crippen LogP contribution in [0.25, 0.3) is 0 Å². The summed E-state index contributed by atoms with van der Waals surface area (Å²) in [6.45, 7) is 3.40. The normalized spacial score (nSPS) is 21.0. The van der Waals surface area contributed by atoms with E-state index < -0.39 is 0 Å². The molecule has 1 heterocycles. The molecule has 2 N–H and O–H groups in total. The van der Waals surface area contributed by atoms with Crippen LogP contribution in [0.3, 0.4) is 0 Å². The fourth-order valence-corrected chi connectivity index (χ4v) is 2.99. The lowest BCUT2D eigenvalue weighted by Crippen LogP contribution is -2.51. The number of likely N-dealkylation sites (tertiary alicyclic amines) is 1. The molecule has 1 saturated heterocycles. The van der Waals surface area contributed by atoms with Crippen molar-refractivity contribution in [2.45, 2.75) is 25.8 Å². The summed E-state index contributed by atoms with van der Waals surface area (Å²) in [7, 11) is 3.15. The minimum absolute atomic E-state index is 0. The van der Waals surface area contributed by atoms with Crippen LogP contribution in [-0.2, 0) is 0 Å². The zero-order valence-corrected chi connectivity index (χ0v) is 14.2. The third kappa shape index (κ3) is 3.65. The van der Waals surface area contributed by atoms with Gasteiger partial charge in [-0.3, -0.25) is 4.79 Å². The van der Waals surface area contributed by atoms with Crippen molar-refractivity contribution in [1.29, 1.82) is 0 Å². The number of benzene rings is 1. The van der Waals surface area contributed by atoms with E-state index in [0.717, 1.165) is 19.4 Å². The van der Waals surface area contributed by atoms with Gasteiger partial charge < -0.3 is 20.1 Å². The lowest BCUT2D eigenvalue weighted by Gasteiger charge is -2.39. The molecule has 124 valence electrons. The van der Waals surface area contributed by atoms with Crippen molar-refractivity contribution in [2.75, 3.05) is 27.3 Å². The van der Waals surface area contributed by atoms with Crippen LogP contribution >= 0.6 is 12.4 Å². The average molecular weight is 329 g/mol. The molecule has 1 fully saturated rings. The SMILES string of the molecule is COc1ccc(C(=O)N2CCCC(C)C2CN)c(OC)c1.Cl. The zero-order chi connectivity index (χ0) is 15.4. The first-order valence-electron chi connectivity index (χ1n) is 7.35. The number of nitrogens with zero attached hydrogens (tertiary/aromatic N) is 1. The number of amides is 1. The topological polar surface area (TPSA) is 64.8 Å². The molecule has 5 nitrogen and oxygen atoms in total. The summed E-state index contributed by atoms with van der Waals surface area (Å²) in [5, 5.41) is 0. The Hall–Kier alpha value is -1.46. The number of carbonyl (C=O) groups excluding carboxylic acids is 1. The highest BCUT2D eigenvalue weighted by atomic mass is 35.5. The Kier molecular flexibility index (Phi) is 6.97. The van der Waals surface area contributed by atoms with Crippen LogP contribution in [0.1, 0.15) is 30.1 Å². The molecule has 1 amide bonds. The summed E-state index contributed by atoms with van der Waals surface area (Å²) in [6.07, 6.45) is 2.13. The van der Waals surface area contributed by atoms with Crippen LogP contribution in [0.15, 0.2) is 18.2 Å². The van der Waals surface area contributed by atoms with Gasteiger partial charge in [0.2, 0.25) is 0 Å². The van der Waals surface area contributed by atoms with E-state index in [1.54, 1.807) is 32.4 Å². The zero-order valence-electron chi connectivity index (χ0n) is 13.4. The summed E-state index contributed by atoms with van der Waals surface area (Å²) in [5.74, 6) is 1.62. The maximum absolute atomic E-state index is 12.8. The predicted molar refractivity (Wildman–Crippen MR) is 89.1 cm³/mol. The molecule has 0 bridgehead atoms. The number of halogens is 1. The number of hydrogen-bond donors (Lipinski definition) is 1. The van der Waals surface area contributed by atoms with Crippen molar-refractivity contribution < 1.29 is 14.3 Å². The van der Waals surface area contributed by atoms with Gasteiger partial charge in [-0.25, -0.2) is 0 Å². The summed E-state index contributed by atoms with van der Waals surface area (Å²) < 4.78 is 10.5. The van der Waals surface area contributed by atoms with Crippen molar-refractivity contribution in [3.8, 4) is 11.5 Å². The molecule has 2 unspecified atom stereocenters. The second kappa shape index (κ2) is 8.25.